The van der Waals surface area contributed by atoms with Crippen LogP contribution < -0.4 is 29.2 Å². The summed E-state index contributed by atoms with van der Waals surface area (Å²) in [7, 11) is 8.41. The second-order valence-corrected chi connectivity index (χ2v) is 7.09. The molecule has 2 aromatic rings. The first kappa shape index (κ1) is 25.7. The van der Waals surface area contributed by atoms with Crippen molar-refractivity contribution in [2.45, 2.75) is 6.54 Å². The molecule has 0 spiro atoms. The van der Waals surface area contributed by atoms with Crippen LogP contribution in [0.3, 0.4) is 0 Å². The molecule has 0 radical (unpaired) electrons. The third-order valence-corrected chi connectivity index (χ3v) is 5.45. The summed E-state index contributed by atoms with van der Waals surface area (Å²) in [5, 5.41) is 3.45. The molecule has 0 aliphatic carbocycles. The zero-order valence-electron chi connectivity index (χ0n) is 19.4. The van der Waals surface area contributed by atoms with E-state index in [1.165, 1.54) is 5.69 Å². The van der Waals surface area contributed by atoms with Gasteiger partial charge in [-0.05, 0) is 12.1 Å². The molecule has 0 aromatic heterocycles. The lowest BCUT2D eigenvalue weighted by atomic mass is 10.1. The van der Waals surface area contributed by atoms with Gasteiger partial charge in [0.15, 0.2) is 5.96 Å². The third-order valence-electron chi connectivity index (χ3n) is 5.45. The van der Waals surface area contributed by atoms with Crippen LogP contribution >= 0.6 is 24.0 Å². The van der Waals surface area contributed by atoms with E-state index in [4.69, 9.17) is 18.9 Å². The molecule has 1 aliphatic heterocycles. The van der Waals surface area contributed by atoms with Crippen molar-refractivity contribution in [2.24, 2.45) is 4.99 Å². The van der Waals surface area contributed by atoms with Gasteiger partial charge >= 0.3 is 0 Å². The fourth-order valence-corrected chi connectivity index (χ4v) is 3.74. The molecule has 1 N–H and O–H groups in total. The van der Waals surface area contributed by atoms with Crippen molar-refractivity contribution in [3.05, 3.63) is 42.0 Å². The molecule has 1 heterocycles. The average Bonchev–Trinajstić information content (AvgIpc) is 2.84. The number of aliphatic imine (C=N–C) groups is 1. The molecule has 1 fully saturated rings. The lowest BCUT2D eigenvalue weighted by Crippen LogP contribution is -2.52. The zero-order valence-corrected chi connectivity index (χ0v) is 21.7. The van der Waals surface area contributed by atoms with Gasteiger partial charge in [0.25, 0.3) is 0 Å². The topological polar surface area (TPSA) is 67.8 Å². The van der Waals surface area contributed by atoms with Crippen molar-refractivity contribution in [1.29, 1.82) is 0 Å². The van der Waals surface area contributed by atoms with Crippen LogP contribution in [0.15, 0.2) is 41.4 Å². The molecule has 1 aliphatic rings. The van der Waals surface area contributed by atoms with E-state index < -0.39 is 0 Å². The molecule has 1 saturated heterocycles. The smallest absolute Gasteiger partial charge is 0.194 e. The predicted octanol–water partition coefficient (Wildman–Crippen LogP) is 3.24. The number of hydrogen-bond acceptors (Lipinski definition) is 6. The first-order valence-corrected chi connectivity index (χ1v) is 10.3. The molecule has 9 heteroatoms. The lowest BCUT2D eigenvalue weighted by molar-refractivity contribution is 0.361. The highest BCUT2D eigenvalue weighted by atomic mass is 127. The van der Waals surface area contributed by atoms with E-state index in [1.807, 2.05) is 24.3 Å². The van der Waals surface area contributed by atoms with E-state index in [9.17, 15) is 0 Å². The summed E-state index contributed by atoms with van der Waals surface area (Å²) in [5.41, 5.74) is 2.09. The number of guanidine groups is 1. The zero-order chi connectivity index (χ0) is 22.2. The third kappa shape index (κ3) is 6.02. The summed E-state index contributed by atoms with van der Waals surface area (Å²) >= 11 is 0. The van der Waals surface area contributed by atoms with Crippen LogP contribution in [0.5, 0.6) is 23.0 Å². The fourth-order valence-electron chi connectivity index (χ4n) is 3.74. The molecule has 0 atom stereocenters. The maximum atomic E-state index is 5.55. The van der Waals surface area contributed by atoms with Gasteiger partial charge < -0.3 is 34.1 Å². The van der Waals surface area contributed by atoms with E-state index in [1.54, 1.807) is 35.5 Å². The standard InChI is InChI=1S/C23H32N4O4.HI/c1-24-23(25-16-20-21(30-4)14-19(29-3)15-22(20)31-5)27-11-9-26(10-12-27)17-7-6-8-18(13-17)28-2;/h6-8,13-15H,9-12,16H2,1-5H3,(H,24,25);1H. The Balaban J connectivity index is 0.00000363. The number of benzene rings is 2. The Kier molecular flexibility index (Phi) is 10.0. The van der Waals surface area contributed by atoms with E-state index >= 15 is 0 Å². The Labute approximate surface area is 207 Å². The number of hydrogen-bond donors (Lipinski definition) is 1. The van der Waals surface area contributed by atoms with Gasteiger partial charge in [0.05, 0.1) is 40.5 Å². The van der Waals surface area contributed by atoms with Crippen LogP contribution in [0.1, 0.15) is 5.56 Å². The molecular formula is C23H33IN4O4. The Morgan fingerprint density at radius 2 is 1.50 bits per heavy atom. The van der Waals surface area contributed by atoms with Gasteiger partial charge in [0.2, 0.25) is 0 Å². The number of anilines is 1. The number of ether oxygens (including phenoxy) is 4. The number of nitrogens with zero attached hydrogens (tertiary/aromatic N) is 3. The summed E-state index contributed by atoms with van der Waals surface area (Å²) < 4.78 is 21.8. The van der Waals surface area contributed by atoms with Crippen molar-refractivity contribution in [3.8, 4) is 23.0 Å². The number of halogens is 1. The van der Waals surface area contributed by atoms with Crippen molar-refractivity contribution in [1.82, 2.24) is 10.2 Å². The number of rotatable bonds is 7. The van der Waals surface area contributed by atoms with Crippen LogP contribution in [0.4, 0.5) is 5.69 Å². The SMILES string of the molecule is CN=C(NCc1c(OC)cc(OC)cc1OC)N1CCN(c2cccc(OC)c2)CC1.I. The first-order valence-electron chi connectivity index (χ1n) is 10.3. The molecule has 32 heavy (non-hydrogen) atoms. The maximum Gasteiger partial charge on any atom is 0.194 e. The van der Waals surface area contributed by atoms with Crippen LogP contribution in [0, 0.1) is 0 Å². The second-order valence-electron chi connectivity index (χ2n) is 7.09. The Morgan fingerprint density at radius 1 is 0.875 bits per heavy atom. The fraction of sp³-hybridized carbons (Fsp3) is 0.435. The second kappa shape index (κ2) is 12.5. The van der Waals surface area contributed by atoms with Gasteiger partial charge in [-0.3, -0.25) is 4.99 Å². The quantitative estimate of drug-likeness (QED) is 0.319. The summed E-state index contributed by atoms with van der Waals surface area (Å²) in [6, 6.07) is 11.9. The van der Waals surface area contributed by atoms with Crippen molar-refractivity contribution < 1.29 is 18.9 Å². The number of nitrogens with one attached hydrogen (secondary N) is 1. The lowest BCUT2D eigenvalue weighted by Gasteiger charge is -2.37. The Hall–Kier alpha value is -2.56. The van der Waals surface area contributed by atoms with E-state index in [-0.39, 0.29) is 24.0 Å². The maximum absolute atomic E-state index is 5.55. The summed E-state index contributed by atoms with van der Waals surface area (Å²) in [6.45, 7) is 4.08. The molecule has 3 rings (SSSR count). The predicted molar refractivity (Wildman–Crippen MR) is 138 cm³/mol. The van der Waals surface area contributed by atoms with Crippen LogP contribution in [-0.4, -0.2) is 72.5 Å². The monoisotopic (exact) mass is 556 g/mol. The van der Waals surface area contributed by atoms with Gasteiger partial charge in [-0.2, -0.15) is 0 Å². The highest BCUT2D eigenvalue weighted by Crippen LogP contribution is 2.34. The molecule has 0 bridgehead atoms. The van der Waals surface area contributed by atoms with Gasteiger partial charge in [0, 0.05) is 57.1 Å². The van der Waals surface area contributed by atoms with Gasteiger partial charge in [-0.15, -0.1) is 24.0 Å². The van der Waals surface area contributed by atoms with E-state index in [0.717, 1.165) is 43.5 Å². The molecule has 2 aromatic carbocycles. The minimum atomic E-state index is 0. The van der Waals surface area contributed by atoms with Crippen LogP contribution in [-0.2, 0) is 6.54 Å². The minimum Gasteiger partial charge on any atom is -0.497 e. The molecule has 8 nitrogen and oxygen atoms in total. The van der Waals surface area contributed by atoms with E-state index in [0.29, 0.717) is 23.8 Å². The van der Waals surface area contributed by atoms with E-state index in [2.05, 4.69) is 32.2 Å². The summed E-state index contributed by atoms with van der Waals surface area (Å²) in [5.74, 6) is 3.84. The average molecular weight is 556 g/mol. The Morgan fingerprint density at radius 3 is 2.03 bits per heavy atom. The van der Waals surface area contributed by atoms with Crippen LogP contribution in [0.25, 0.3) is 0 Å². The highest BCUT2D eigenvalue weighted by molar-refractivity contribution is 14.0. The van der Waals surface area contributed by atoms with Gasteiger partial charge in [-0.25, -0.2) is 0 Å². The molecular weight excluding hydrogens is 523 g/mol. The minimum absolute atomic E-state index is 0. The largest absolute Gasteiger partial charge is 0.497 e. The number of methoxy groups -OCH3 is 4. The summed E-state index contributed by atoms with van der Waals surface area (Å²) in [6.07, 6.45) is 0. The normalized spacial score (nSPS) is 13.8. The highest BCUT2D eigenvalue weighted by Gasteiger charge is 2.21. The van der Waals surface area contributed by atoms with Crippen molar-refractivity contribution in [3.63, 3.8) is 0 Å². The van der Waals surface area contributed by atoms with Crippen molar-refractivity contribution >= 4 is 35.6 Å². The van der Waals surface area contributed by atoms with Gasteiger partial charge in [-0.1, -0.05) is 6.07 Å². The first-order chi connectivity index (χ1) is 15.1. The van der Waals surface area contributed by atoms with Gasteiger partial charge in [0.1, 0.15) is 23.0 Å². The molecule has 0 saturated carbocycles. The number of piperazine rings is 1. The summed E-state index contributed by atoms with van der Waals surface area (Å²) in [4.78, 5) is 9.11. The van der Waals surface area contributed by atoms with Crippen LogP contribution in [0.2, 0.25) is 0 Å². The molecule has 0 unspecified atom stereocenters. The van der Waals surface area contributed by atoms with Crippen molar-refractivity contribution in [2.75, 3.05) is 66.6 Å². The Bertz CT molecular complexity index is 876. The molecule has 176 valence electrons. The molecule has 0 amide bonds.